The second kappa shape index (κ2) is 4.35. The summed E-state index contributed by atoms with van der Waals surface area (Å²) < 4.78 is 27.7. The first kappa shape index (κ1) is 13.6. The third kappa shape index (κ3) is 1.97. The molecule has 0 aromatic heterocycles. The zero-order chi connectivity index (χ0) is 13.4. The lowest BCUT2D eigenvalue weighted by atomic mass is 9.75. The number of nitrogens with one attached hydrogen (secondary N) is 1. The number of nitriles is 1. The Morgan fingerprint density at radius 2 is 2.11 bits per heavy atom. The zero-order valence-corrected chi connectivity index (χ0v) is 10.5. The summed E-state index contributed by atoms with van der Waals surface area (Å²) in [7, 11) is 0. The van der Waals surface area contributed by atoms with Crippen molar-refractivity contribution in [3.8, 4) is 6.07 Å². The van der Waals surface area contributed by atoms with E-state index in [1.165, 1.54) is 11.8 Å². The number of carbonyl (C=O) groups is 1. The van der Waals surface area contributed by atoms with Gasteiger partial charge >= 0.3 is 5.92 Å². The molecule has 1 saturated heterocycles. The van der Waals surface area contributed by atoms with Crippen molar-refractivity contribution in [2.75, 3.05) is 11.5 Å². The minimum absolute atomic E-state index is 0.0816. The predicted octanol–water partition coefficient (Wildman–Crippen LogP) is 1.05. The zero-order valence-electron chi connectivity index (χ0n) is 9.71. The molecule has 0 spiro atoms. The van der Waals surface area contributed by atoms with Gasteiger partial charge in [0.2, 0.25) is 0 Å². The maximum absolute atomic E-state index is 13.8. The van der Waals surface area contributed by atoms with Gasteiger partial charge in [0.15, 0.2) is 0 Å². The number of halogens is 2. The van der Waals surface area contributed by atoms with E-state index in [1.807, 2.05) is 6.07 Å². The fourth-order valence-electron chi connectivity index (χ4n) is 2.11. The molecule has 18 heavy (non-hydrogen) atoms. The molecule has 1 saturated carbocycles. The van der Waals surface area contributed by atoms with Crippen LogP contribution in [0.3, 0.4) is 0 Å². The van der Waals surface area contributed by atoms with Gasteiger partial charge < -0.3 is 10.4 Å². The van der Waals surface area contributed by atoms with Crippen LogP contribution in [0.4, 0.5) is 8.78 Å². The molecule has 0 aromatic carbocycles. The molecule has 0 radical (unpaired) electrons. The van der Waals surface area contributed by atoms with Crippen molar-refractivity contribution in [3.63, 3.8) is 0 Å². The van der Waals surface area contributed by atoms with E-state index in [9.17, 15) is 18.7 Å². The van der Waals surface area contributed by atoms with Crippen LogP contribution in [0.15, 0.2) is 0 Å². The highest BCUT2D eigenvalue weighted by molar-refractivity contribution is 7.99. The van der Waals surface area contributed by atoms with Gasteiger partial charge in [0.1, 0.15) is 11.1 Å². The summed E-state index contributed by atoms with van der Waals surface area (Å²) in [6.07, 6.45) is 0.677. The molecule has 1 aliphatic heterocycles. The van der Waals surface area contributed by atoms with Gasteiger partial charge in [-0.05, 0) is 31.4 Å². The fraction of sp³-hybridized carbons (Fsp3) is 0.818. The van der Waals surface area contributed by atoms with Crippen molar-refractivity contribution in [2.45, 2.75) is 42.7 Å². The van der Waals surface area contributed by atoms with Gasteiger partial charge in [0, 0.05) is 5.75 Å². The lowest BCUT2D eigenvalue weighted by Gasteiger charge is -2.42. The van der Waals surface area contributed by atoms with Crippen LogP contribution < -0.4 is 5.32 Å². The number of thioether (sulfide) groups is 1. The third-order valence-corrected chi connectivity index (χ3v) is 4.83. The normalized spacial score (nSPS) is 30.3. The van der Waals surface area contributed by atoms with Crippen LogP contribution in [0.1, 0.15) is 25.7 Å². The SMILES string of the molecule is N#CC1(NC(=O)C(F)(F)C2(O)CCC2)CCSC1. The first-order valence-electron chi connectivity index (χ1n) is 5.77. The van der Waals surface area contributed by atoms with Gasteiger partial charge in [0.05, 0.1) is 6.07 Å². The van der Waals surface area contributed by atoms with E-state index >= 15 is 0 Å². The van der Waals surface area contributed by atoms with Crippen molar-refractivity contribution in [1.82, 2.24) is 5.32 Å². The molecule has 1 unspecified atom stereocenters. The van der Waals surface area contributed by atoms with Crippen molar-refractivity contribution < 1.29 is 18.7 Å². The number of carbonyl (C=O) groups excluding carboxylic acids is 1. The molecule has 100 valence electrons. The summed E-state index contributed by atoms with van der Waals surface area (Å²) in [5.41, 5.74) is -3.45. The summed E-state index contributed by atoms with van der Waals surface area (Å²) in [5, 5.41) is 20.8. The van der Waals surface area contributed by atoms with E-state index in [2.05, 4.69) is 5.32 Å². The van der Waals surface area contributed by atoms with E-state index < -0.39 is 23.0 Å². The Labute approximate surface area is 108 Å². The average Bonchev–Trinajstić information content (AvgIpc) is 2.74. The van der Waals surface area contributed by atoms with Gasteiger partial charge in [-0.15, -0.1) is 0 Å². The quantitative estimate of drug-likeness (QED) is 0.808. The Kier molecular flexibility index (Phi) is 3.28. The van der Waals surface area contributed by atoms with Gasteiger partial charge in [-0.1, -0.05) is 0 Å². The number of alkyl halides is 2. The van der Waals surface area contributed by atoms with Crippen LogP contribution in [0.25, 0.3) is 0 Å². The Balaban J connectivity index is 2.10. The molecule has 7 heteroatoms. The first-order valence-corrected chi connectivity index (χ1v) is 6.93. The number of hydrogen-bond donors (Lipinski definition) is 2. The second-order valence-electron chi connectivity index (χ2n) is 4.91. The van der Waals surface area contributed by atoms with Crippen LogP contribution >= 0.6 is 11.8 Å². The molecular weight excluding hydrogens is 262 g/mol. The number of aliphatic hydroxyl groups is 1. The molecule has 1 amide bonds. The van der Waals surface area contributed by atoms with Crippen LogP contribution in [0.5, 0.6) is 0 Å². The Morgan fingerprint density at radius 1 is 1.44 bits per heavy atom. The van der Waals surface area contributed by atoms with Crippen LogP contribution in [-0.2, 0) is 4.79 Å². The summed E-state index contributed by atoms with van der Waals surface area (Å²) >= 11 is 1.44. The molecular formula is C11H14F2N2O2S. The second-order valence-corrected chi connectivity index (χ2v) is 6.02. The molecule has 2 aliphatic rings. The number of hydrogen-bond acceptors (Lipinski definition) is 4. The topological polar surface area (TPSA) is 73.1 Å². The van der Waals surface area contributed by atoms with Crippen molar-refractivity contribution in [3.05, 3.63) is 0 Å². The lowest BCUT2D eigenvalue weighted by molar-refractivity contribution is -0.216. The number of rotatable bonds is 3. The molecule has 0 bridgehead atoms. The first-order chi connectivity index (χ1) is 8.35. The summed E-state index contributed by atoms with van der Waals surface area (Å²) in [6.45, 7) is 0. The molecule has 1 aliphatic carbocycles. The lowest BCUT2D eigenvalue weighted by Crippen LogP contribution is -2.64. The van der Waals surface area contributed by atoms with E-state index in [0.29, 0.717) is 24.3 Å². The highest BCUT2D eigenvalue weighted by Gasteiger charge is 2.62. The standard InChI is InChI=1S/C11H14F2N2O2S/c12-11(13,10(17)2-1-3-10)8(16)15-9(6-14)4-5-18-7-9/h17H,1-5,7H2,(H,15,16). The van der Waals surface area contributed by atoms with Gasteiger partial charge in [-0.3, -0.25) is 4.79 Å². The average molecular weight is 276 g/mol. The van der Waals surface area contributed by atoms with Crippen molar-refractivity contribution >= 4 is 17.7 Å². The molecule has 1 heterocycles. The molecule has 2 N–H and O–H groups in total. The minimum atomic E-state index is -3.83. The minimum Gasteiger partial charge on any atom is -0.383 e. The summed E-state index contributed by atoms with van der Waals surface area (Å²) in [5.74, 6) is -4.40. The third-order valence-electron chi connectivity index (χ3n) is 3.64. The van der Waals surface area contributed by atoms with Crippen LogP contribution in [0, 0.1) is 11.3 Å². The Hall–Kier alpha value is -0.870. The molecule has 1 atom stereocenters. The molecule has 4 nitrogen and oxygen atoms in total. The Bertz CT molecular complexity index is 398. The van der Waals surface area contributed by atoms with Gasteiger partial charge in [-0.25, -0.2) is 0 Å². The van der Waals surface area contributed by atoms with Gasteiger partial charge in [-0.2, -0.15) is 25.8 Å². The predicted molar refractivity (Wildman–Crippen MR) is 62.2 cm³/mol. The Morgan fingerprint density at radius 3 is 2.50 bits per heavy atom. The highest BCUT2D eigenvalue weighted by atomic mass is 32.2. The van der Waals surface area contributed by atoms with Crippen LogP contribution in [-0.4, -0.2) is 39.6 Å². The largest absolute Gasteiger partial charge is 0.383 e. The van der Waals surface area contributed by atoms with Crippen molar-refractivity contribution in [1.29, 1.82) is 5.26 Å². The summed E-state index contributed by atoms with van der Waals surface area (Å²) in [6, 6.07) is 1.90. The monoisotopic (exact) mass is 276 g/mol. The smallest absolute Gasteiger partial charge is 0.352 e. The summed E-state index contributed by atoms with van der Waals surface area (Å²) in [4.78, 5) is 11.6. The van der Waals surface area contributed by atoms with E-state index in [1.54, 1.807) is 0 Å². The van der Waals surface area contributed by atoms with E-state index in [-0.39, 0.29) is 12.8 Å². The van der Waals surface area contributed by atoms with E-state index in [4.69, 9.17) is 5.26 Å². The van der Waals surface area contributed by atoms with Gasteiger partial charge in [0.25, 0.3) is 5.91 Å². The van der Waals surface area contributed by atoms with E-state index in [0.717, 1.165) is 0 Å². The maximum Gasteiger partial charge on any atom is 0.352 e. The fourth-order valence-corrected chi connectivity index (χ4v) is 3.38. The number of nitrogens with zero attached hydrogens (tertiary/aromatic N) is 1. The van der Waals surface area contributed by atoms with Crippen LogP contribution in [0.2, 0.25) is 0 Å². The molecule has 0 aromatic rings. The molecule has 2 rings (SSSR count). The highest BCUT2D eigenvalue weighted by Crippen LogP contribution is 2.44. The van der Waals surface area contributed by atoms with Crippen molar-refractivity contribution in [2.24, 2.45) is 0 Å². The maximum atomic E-state index is 13.8. The number of amides is 1. The molecule has 2 fully saturated rings.